The molecule has 2 aliphatic heterocycles. The monoisotopic (exact) mass is 551 g/mol. The molecule has 1 N–H and O–H groups in total. The maximum Gasteiger partial charge on any atom is 0.416 e. The molecule has 3 atom stereocenters. The normalized spacial score (nSPS) is 25.6. The molecule has 11 heteroatoms. The molecule has 0 radical (unpaired) electrons. The van der Waals surface area contributed by atoms with Crippen LogP contribution in [0.5, 0.6) is 0 Å². The molecular formula is C27H32F3N3O4S. The summed E-state index contributed by atoms with van der Waals surface area (Å²) in [5, 5.41) is 0.858. The number of hydrogen-bond donors (Lipinski definition) is 1. The lowest BCUT2D eigenvalue weighted by molar-refractivity contribution is -0.133. The summed E-state index contributed by atoms with van der Waals surface area (Å²) in [4.78, 5) is 29.2. The largest absolute Gasteiger partial charge is 0.416 e. The minimum Gasteiger partial charge on any atom is -0.342 e. The molecule has 4 rings (SSSR count). The van der Waals surface area contributed by atoms with Crippen molar-refractivity contribution in [2.75, 3.05) is 32.7 Å². The molecule has 1 aromatic carbocycles. The van der Waals surface area contributed by atoms with Gasteiger partial charge in [-0.25, -0.2) is 13.1 Å². The molecule has 2 saturated heterocycles. The smallest absolute Gasteiger partial charge is 0.342 e. The van der Waals surface area contributed by atoms with E-state index >= 15 is 0 Å². The number of nitrogens with one attached hydrogen (secondary N) is 1. The van der Waals surface area contributed by atoms with E-state index in [1.807, 2.05) is 6.92 Å². The van der Waals surface area contributed by atoms with Gasteiger partial charge in [-0.05, 0) is 41.9 Å². The summed E-state index contributed by atoms with van der Waals surface area (Å²) in [5.41, 5.74) is -0.0334. The molecule has 0 aromatic heterocycles. The van der Waals surface area contributed by atoms with Crippen LogP contribution in [0.25, 0.3) is 0 Å². The Balaban J connectivity index is 1.30. The number of amides is 2. The van der Waals surface area contributed by atoms with Crippen LogP contribution >= 0.6 is 0 Å². The van der Waals surface area contributed by atoms with E-state index in [0.717, 1.165) is 17.0 Å². The number of piperidine rings is 1. The summed E-state index contributed by atoms with van der Waals surface area (Å²) in [6, 6.07) is 6.84. The summed E-state index contributed by atoms with van der Waals surface area (Å²) < 4.78 is 65.0. The van der Waals surface area contributed by atoms with Crippen molar-refractivity contribution in [3.63, 3.8) is 0 Å². The maximum atomic E-state index is 13.1. The summed E-state index contributed by atoms with van der Waals surface area (Å²) >= 11 is 0. The molecule has 0 saturated carbocycles. The standard InChI is InChI=1S/C27H32F3N3O4S/c1-3-38(36,37)31-16-20-10-12-33(17-20)25(35)21-6-4-19(5-7-21)14-24(34)32-13-11-26(2)15-22(27(28,29)30)8-9-23(26)18-32/h3-9,15,20,23,31H,1,10-14,16-18H2,2H3/t20-,23?,26?/m0/s1. The van der Waals surface area contributed by atoms with E-state index < -0.39 is 27.2 Å². The predicted octanol–water partition coefficient (Wildman–Crippen LogP) is 3.67. The molecule has 7 nitrogen and oxygen atoms in total. The SMILES string of the molecule is C=CS(=O)(=O)NC[C@@H]1CCN(C(=O)c2ccc(CC(=O)N3CCC4(C)C=C(C(F)(F)F)C=CC4C3)cc2)C1. The first-order valence-corrected chi connectivity index (χ1v) is 14.1. The second-order valence-corrected chi connectivity index (χ2v) is 12.2. The van der Waals surface area contributed by atoms with Gasteiger partial charge in [-0.2, -0.15) is 13.2 Å². The van der Waals surface area contributed by atoms with E-state index in [4.69, 9.17) is 0 Å². The minimum atomic E-state index is -4.38. The third-order valence-corrected chi connectivity index (χ3v) is 8.79. The van der Waals surface area contributed by atoms with E-state index in [0.29, 0.717) is 44.6 Å². The van der Waals surface area contributed by atoms with E-state index in [-0.39, 0.29) is 36.6 Å². The minimum absolute atomic E-state index is 0.0199. The van der Waals surface area contributed by atoms with Gasteiger partial charge in [0.1, 0.15) is 0 Å². The lowest BCUT2D eigenvalue weighted by atomic mass is 9.68. The number of hydrogen-bond acceptors (Lipinski definition) is 4. The molecule has 2 fully saturated rings. The summed E-state index contributed by atoms with van der Waals surface area (Å²) in [6.45, 7) is 7.04. The van der Waals surface area contributed by atoms with Gasteiger partial charge in [-0.3, -0.25) is 9.59 Å². The highest BCUT2D eigenvalue weighted by molar-refractivity contribution is 7.92. The Kier molecular flexibility index (Phi) is 7.90. The highest BCUT2D eigenvalue weighted by Gasteiger charge is 2.43. The number of halogens is 3. The maximum absolute atomic E-state index is 13.1. The Morgan fingerprint density at radius 3 is 2.53 bits per heavy atom. The van der Waals surface area contributed by atoms with Crippen LogP contribution in [-0.2, 0) is 21.2 Å². The Labute approximate surface area is 221 Å². The van der Waals surface area contributed by atoms with E-state index in [9.17, 15) is 31.2 Å². The van der Waals surface area contributed by atoms with Crippen molar-refractivity contribution in [2.24, 2.45) is 17.3 Å². The van der Waals surface area contributed by atoms with E-state index in [1.165, 1.54) is 6.08 Å². The highest BCUT2D eigenvalue weighted by Crippen LogP contribution is 2.45. The molecule has 2 amide bonds. The number of benzene rings is 1. The molecule has 2 heterocycles. The number of rotatable bonds is 7. The van der Waals surface area contributed by atoms with Crippen LogP contribution in [-0.4, -0.2) is 68.9 Å². The lowest BCUT2D eigenvalue weighted by Crippen LogP contribution is -2.48. The third kappa shape index (κ3) is 6.37. The van der Waals surface area contributed by atoms with Gasteiger partial charge < -0.3 is 9.80 Å². The van der Waals surface area contributed by atoms with Gasteiger partial charge in [0.05, 0.1) is 12.0 Å². The van der Waals surface area contributed by atoms with Crippen molar-refractivity contribution < 1.29 is 31.2 Å². The number of carbonyl (C=O) groups excluding carboxylic acids is 2. The van der Waals surface area contributed by atoms with Gasteiger partial charge in [0.2, 0.25) is 15.9 Å². The van der Waals surface area contributed by atoms with Gasteiger partial charge in [-0.1, -0.05) is 43.9 Å². The lowest BCUT2D eigenvalue weighted by Gasteiger charge is -2.45. The summed E-state index contributed by atoms with van der Waals surface area (Å²) in [6.07, 6.45) is 0.882. The van der Waals surface area contributed by atoms with Crippen molar-refractivity contribution in [1.82, 2.24) is 14.5 Å². The third-order valence-electron chi connectivity index (χ3n) is 7.78. The molecule has 38 heavy (non-hydrogen) atoms. The van der Waals surface area contributed by atoms with Crippen LogP contribution in [0.1, 0.15) is 35.7 Å². The Hall–Kier alpha value is -2.92. The van der Waals surface area contributed by atoms with Crippen molar-refractivity contribution in [3.8, 4) is 0 Å². The number of carbonyl (C=O) groups is 2. The molecule has 2 unspecified atom stereocenters. The van der Waals surface area contributed by atoms with Crippen molar-refractivity contribution in [2.45, 2.75) is 32.4 Å². The summed E-state index contributed by atoms with van der Waals surface area (Å²) in [5.74, 6) is -0.411. The second-order valence-electron chi connectivity index (χ2n) is 10.5. The predicted molar refractivity (Wildman–Crippen MR) is 137 cm³/mol. The second kappa shape index (κ2) is 10.7. The van der Waals surface area contributed by atoms with Crippen LogP contribution in [0, 0.1) is 17.3 Å². The van der Waals surface area contributed by atoms with Crippen LogP contribution in [0.2, 0.25) is 0 Å². The van der Waals surface area contributed by atoms with Crippen molar-refractivity contribution in [3.05, 3.63) is 71.2 Å². The quantitative estimate of drug-likeness (QED) is 0.561. The average molecular weight is 552 g/mol. The number of nitrogens with zero attached hydrogens (tertiary/aromatic N) is 2. The zero-order valence-corrected chi connectivity index (χ0v) is 22.0. The fourth-order valence-electron chi connectivity index (χ4n) is 5.30. The summed E-state index contributed by atoms with van der Waals surface area (Å²) in [7, 11) is -3.50. The molecule has 1 aromatic rings. The molecular weight excluding hydrogens is 519 g/mol. The molecule has 1 aliphatic carbocycles. The van der Waals surface area contributed by atoms with Gasteiger partial charge in [0.25, 0.3) is 5.91 Å². The fourth-order valence-corrected chi connectivity index (χ4v) is 5.88. The van der Waals surface area contributed by atoms with Crippen LogP contribution in [0.15, 0.2) is 60.1 Å². The van der Waals surface area contributed by atoms with Crippen LogP contribution < -0.4 is 4.72 Å². The van der Waals surface area contributed by atoms with Gasteiger partial charge in [-0.15, -0.1) is 0 Å². The number of likely N-dealkylation sites (tertiary alicyclic amines) is 2. The zero-order valence-electron chi connectivity index (χ0n) is 21.2. The molecule has 3 aliphatic rings. The Morgan fingerprint density at radius 2 is 1.87 bits per heavy atom. The molecule has 206 valence electrons. The first-order chi connectivity index (χ1) is 17.8. The molecule has 0 bridgehead atoms. The fraction of sp³-hybridized carbons (Fsp3) is 0.481. The highest BCUT2D eigenvalue weighted by atomic mass is 32.2. The number of allylic oxidation sites excluding steroid dienone is 3. The van der Waals surface area contributed by atoms with Crippen molar-refractivity contribution in [1.29, 1.82) is 0 Å². The van der Waals surface area contributed by atoms with E-state index in [1.54, 1.807) is 40.1 Å². The van der Waals surface area contributed by atoms with Gasteiger partial charge in [0.15, 0.2) is 0 Å². The Bertz CT molecular complexity index is 1260. The van der Waals surface area contributed by atoms with Crippen LogP contribution in [0.4, 0.5) is 13.2 Å². The topological polar surface area (TPSA) is 86.8 Å². The number of fused-ring (bicyclic) bond motifs is 1. The van der Waals surface area contributed by atoms with E-state index in [2.05, 4.69) is 11.3 Å². The first-order valence-electron chi connectivity index (χ1n) is 12.6. The number of sulfonamides is 1. The first kappa shape index (κ1) is 28.1. The Morgan fingerprint density at radius 1 is 1.16 bits per heavy atom. The molecule has 0 spiro atoms. The zero-order chi connectivity index (χ0) is 27.7. The van der Waals surface area contributed by atoms with Crippen LogP contribution in [0.3, 0.4) is 0 Å². The van der Waals surface area contributed by atoms with Crippen molar-refractivity contribution >= 4 is 21.8 Å². The van der Waals surface area contributed by atoms with Gasteiger partial charge >= 0.3 is 6.18 Å². The van der Waals surface area contributed by atoms with Gasteiger partial charge in [0, 0.05) is 49.6 Å². The average Bonchev–Trinajstić information content (AvgIpc) is 3.35. The number of alkyl halides is 3.